The molecular formula is C24H30N4O3S. The van der Waals surface area contributed by atoms with Gasteiger partial charge in [0.1, 0.15) is 11.5 Å². The van der Waals surface area contributed by atoms with E-state index in [9.17, 15) is 4.79 Å². The Labute approximate surface area is 193 Å². The highest BCUT2D eigenvalue weighted by Crippen LogP contribution is 2.29. The topological polar surface area (TPSA) is 69.5 Å². The van der Waals surface area contributed by atoms with Gasteiger partial charge in [0.25, 0.3) is 0 Å². The summed E-state index contributed by atoms with van der Waals surface area (Å²) in [7, 11) is 1.63. The molecule has 0 radical (unpaired) electrons. The molecule has 32 heavy (non-hydrogen) atoms. The fourth-order valence-electron chi connectivity index (χ4n) is 3.38. The van der Waals surface area contributed by atoms with Gasteiger partial charge in [-0.3, -0.25) is 4.79 Å². The van der Waals surface area contributed by atoms with Gasteiger partial charge in [0.15, 0.2) is 17.1 Å². The molecule has 1 unspecified atom stereocenters. The van der Waals surface area contributed by atoms with Gasteiger partial charge in [0.2, 0.25) is 5.91 Å². The van der Waals surface area contributed by atoms with Gasteiger partial charge in [-0.05, 0) is 64.1 Å². The number of methoxy groups -OCH3 is 1. The predicted octanol–water partition coefficient (Wildman–Crippen LogP) is 5.15. The number of ether oxygens (including phenoxy) is 2. The Morgan fingerprint density at radius 1 is 1.03 bits per heavy atom. The molecule has 0 spiro atoms. The van der Waals surface area contributed by atoms with Crippen LogP contribution in [-0.4, -0.2) is 40.1 Å². The molecule has 7 nitrogen and oxygen atoms in total. The molecule has 8 heteroatoms. The standard InChI is InChI=1S/C24H30N4O3S/c1-6-27(19-10-8-7-9-11-19)22(29)16-32-24-26-25-23(28(24)17(2)3)18(4)31-21-14-12-20(30-5)13-15-21/h7-15,17-18H,6,16H2,1-5H3. The van der Waals surface area contributed by atoms with E-state index < -0.39 is 0 Å². The highest BCUT2D eigenvalue weighted by atomic mass is 32.2. The van der Waals surface area contributed by atoms with Crippen LogP contribution in [-0.2, 0) is 4.79 Å². The molecule has 0 aliphatic heterocycles. The predicted molar refractivity (Wildman–Crippen MR) is 128 cm³/mol. The summed E-state index contributed by atoms with van der Waals surface area (Å²) in [5.41, 5.74) is 0.896. The molecule has 3 rings (SSSR count). The molecule has 1 aromatic heterocycles. The minimum absolute atomic E-state index is 0.0334. The van der Waals surface area contributed by atoms with E-state index in [1.807, 2.05) is 73.0 Å². The molecule has 0 fully saturated rings. The van der Waals surface area contributed by atoms with Crippen LogP contribution in [0.3, 0.4) is 0 Å². The second-order valence-electron chi connectivity index (χ2n) is 7.50. The number of aromatic nitrogens is 3. The van der Waals surface area contributed by atoms with Crippen molar-refractivity contribution in [3.63, 3.8) is 0 Å². The SMILES string of the molecule is CCN(C(=O)CSc1nnc(C(C)Oc2ccc(OC)cc2)n1C(C)C)c1ccccc1. The van der Waals surface area contributed by atoms with Crippen molar-refractivity contribution in [2.75, 3.05) is 24.3 Å². The molecule has 0 aliphatic rings. The van der Waals surface area contributed by atoms with Gasteiger partial charge in [-0.15, -0.1) is 10.2 Å². The molecule has 3 aromatic rings. The van der Waals surface area contributed by atoms with Gasteiger partial charge in [-0.25, -0.2) is 0 Å². The Hall–Kier alpha value is -3.00. The van der Waals surface area contributed by atoms with Gasteiger partial charge < -0.3 is 18.9 Å². The molecule has 2 aromatic carbocycles. The Morgan fingerprint density at radius 2 is 1.69 bits per heavy atom. The van der Waals surface area contributed by atoms with E-state index in [4.69, 9.17) is 9.47 Å². The lowest BCUT2D eigenvalue weighted by Gasteiger charge is -2.21. The Kier molecular flexibility index (Phi) is 8.16. The molecule has 0 aliphatic carbocycles. The largest absolute Gasteiger partial charge is 0.497 e. The molecule has 170 valence electrons. The van der Waals surface area contributed by atoms with Crippen LogP contribution < -0.4 is 14.4 Å². The zero-order valence-electron chi connectivity index (χ0n) is 19.2. The van der Waals surface area contributed by atoms with Crippen molar-refractivity contribution in [1.82, 2.24) is 14.8 Å². The monoisotopic (exact) mass is 454 g/mol. The van der Waals surface area contributed by atoms with E-state index >= 15 is 0 Å². The average molecular weight is 455 g/mol. The highest BCUT2D eigenvalue weighted by Gasteiger charge is 2.23. The van der Waals surface area contributed by atoms with Gasteiger partial charge in [-0.2, -0.15) is 0 Å². The number of amides is 1. The molecule has 0 saturated carbocycles. The summed E-state index contributed by atoms with van der Waals surface area (Å²) in [4.78, 5) is 14.7. The summed E-state index contributed by atoms with van der Waals surface area (Å²) in [5.74, 6) is 2.53. The van der Waals surface area contributed by atoms with Crippen molar-refractivity contribution in [2.45, 2.75) is 45.0 Å². The van der Waals surface area contributed by atoms with Crippen LogP contribution in [0, 0.1) is 0 Å². The summed E-state index contributed by atoms with van der Waals surface area (Å²) in [6.07, 6.45) is -0.306. The Balaban J connectivity index is 1.71. The quantitative estimate of drug-likeness (QED) is 0.395. The first kappa shape index (κ1) is 23.7. The van der Waals surface area contributed by atoms with Crippen LogP contribution >= 0.6 is 11.8 Å². The van der Waals surface area contributed by atoms with Crippen molar-refractivity contribution in [3.8, 4) is 11.5 Å². The number of rotatable bonds is 10. The molecule has 0 bridgehead atoms. The van der Waals surface area contributed by atoms with Crippen molar-refractivity contribution in [3.05, 3.63) is 60.4 Å². The third-order valence-corrected chi connectivity index (χ3v) is 5.88. The number of para-hydroxylation sites is 1. The zero-order valence-corrected chi connectivity index (χ0v) is 20.0. The third-order valence-electron chi connectivity index (χ3n) is 4.95. The van der Waals surface area contributed by atoms with E-state index in [2.05, 4.69) is 24.0 Å². The van der Waals surface area contributed by atoms with E-state index in [-0.39, 0.29) is 23.8 Å². The van der Waals surface area contributed by atoms with Crippen molar-refractivity contribution < 1.29 is 14.3 Å². The van der Waals surface area contributed by atoms with Gasteiger partial charge in [-0.1, -0.05) is 30.0 Å². The second-order valence-corrected chi connectivity index (χ2v) is 8.44. The summed E-state index contributed by atoms with van der Waals surface area (Å²) < 4.78 is 13.3. The summed E-state index contributed by atoms with van der Waals surface area (Å²) in [6, 6.07) is 17.3. The second kappa shape index (κ2) is 11.0. The van der Waals surface area contributed by atoms with Crippen LogP contribution in [0.15, 0.2) is 59.8 Å². The van der Waals surface area contributed by atoms with Crippen molar-refractivity contribution in [1.29, 1.82) is 0 Å². The zero-order chi connectivity index (χ0) is 23.1. The summed E-state index contributed by atoms with van der Waals surface area (Å²) >= 11 is 1.40. The molecule has 1 heterocycles. The lowest BCUT2D eigenvalue weighted by Crippen LogP contribution is -2.32. The van der Waals surface area contributed by atoms with Gasteiger partial charge in [0, 0.05) is 18.3 Å². The fourth-order valence-corrected chi connectivity index (χ4v) is 4.33. The first-order valence-corrected chi connectivity index (χ1v) is 11.7. The maximum Gasteiger partial charge on any atom is 0.237 e. The molecule has 1 atom stereocenters. The fraction of sp³-hybridized carbons (Fsp3) is 0.375. The minimum Gasteiger partial charge on any atom is -0.497 e. The summed E-state index contributed by atoms with van der Waals surface area (Å²) in [5, 5.41) is 9.45. The van der Waals surface area contributed by atoms with E-state index in [1.165, 1.54) is 11.8 Å². The maximum absolute atomic E-state index is 12.9. The number of hydrogen-bond donors (Lipinski definition) is 0. The maximum atomic E-state index is 12.9. The number of carbonyl (C=O) groups is 1. The highest BCUT2D eigenvalue weighted by molar-refractivity contribution is 7.99. The van der Waals surface area contributed by atoms with Gasteiger partial charge in [0.05, 0.1) is 12.9 Å². The molecule has 1 amide bonds. The lowest BCUT2D eigenvalue weighted by molar-refractivity contribution is -0.116. The van der Waals surface area contributed by atoms with Crippen LogP contribution in [0.1, 0.15) is 45.7 Å². The van der Waals surface area contributed by atoms with E-state index in [0.29, 0.717) is 11.7 Å². The van der Waals surface area contributed by atoms with Gasteiger partial charge >= 0.3 is 0 Å². The van der Waals surface area contributed by atoms with E-state index in [0.717, 1.165) is 23.0 Å². The number of nitrogens with zero attached hydrogens (tertiary/aromatic N) is 4. The first-order valence-electron chi connectivity index (χ1n) is 10.7. The summed E-state index contributed by atoms with van der Waals surface area (Å²) in [6.45, 7) is 8.67. The van der Waals surface area contributed by atoms with E-state index in [1.54, 1.807) is 12.0 Å². The number of benzene rings is 2. The van der Waals surface area contributed by atoms with Crippen LogP contribution in [0.5, 0.6) is 11.5 Å². The first-order chi connectivity index (χ1) is 15.4. The normalized spacial score (nSPS) is 11.9. The minimum atomic E-state index is -0.306. The number of carbonyl (C=O) groups excluding carboxylic acids is 1. The Morgan fingerprint density at radius 3 is 2.28 bits per heavy atom. The lowest BCUT2D eigenvalue weighted by atomic mass is 10.3. The Bertz CT molecular complexity index is 1010. The van der Waals surface area contributed by atoms with Crippen LogP contribution in [0.2, 0.25) is 0 Å². The van der Waals surface area contributed by atoms with Crippen LogP contribution in [0.4, 0.5) is 5.69 Å². The van der Waals surface area contributed by atoms with Crippen LogP contribution in [0.25, 0.3) is 0 Å². The average Bonchev–Trinajstić information content (AvgIpc) is 3.24. The number of anilines is 1. The third kappa shape index (κ3) is 5.62. The molecule has 0 N–H and O–H groups in total. The number of hydrogen-bond acceptors (Lipinski definition) is 6. The molecular weight excluding hydrogens is 424 g/mol. The number of thioether (sulfide) groups is 1. The van der Waals surface area contributed by atoms with Crippen molar-refractivity contribution in [2.24, 2.45) is 0 Å². The molecule has 0 saturated heterocycles. The van der Waals surface area contributed by atoms with Crippen molar-refractivity contribution >= 4 is 23.4 Å². The smallest absolute Gasteiger partial charge is 0.237 e.